The van der Waals surface area contributed by atoms with Gasteiger partial charge in [-0.2, -0.15) is 0 Å². The molecule has 0 aliphatic heterocycles. The van der Waals surface area contributed by atoms with E-state index in [0.29, 0.717) is 22.7 Å². The number of nitrogens with one attached hydrogen (secondary N) is 2. The molecule has 2 N–H and O–H groups in total. The van der Waals surface area contributed by atoms with Crippen LogP contribution in [0.2, 0.25) is 0 Å². The van der Waals surface area contributed by atoms with E-state index in [9.17, 15) is 14.9 Å². The Bertz CT molecular complexity index is 716. The Balaban J connectivity index is 2.03. The van der Waals surface area contributed by atoms with Gasteiger partial charge in [0.05, 0.1) is 24.8 Å². The SMILES string of the molecule is COc1ccc(C(=O)NNc2ccc([N+](=O)[O-])cc2)cc1OC. The fourth-order valence-electron chi connectivity index (χ4n) is 1.85. The molecule has 2 aromatic rings. The van der Waals surface area contributed by atoms with Crippen molar-refractivity contribution in [2.24, 2.45) is 0 Å². The fraction of sp³-hybridized carbons (Fsp3) is 0.133. The van der Waals surface area contributed by atoms with Gasteiger partial charge in [-0.15, -0.1) is 0 Å². The first-order valence-electron chi connectivity index (χ1n) is 6.58. The maximum absolute atomic E-state index is 12.1. The third kappa shape index (κ3) is 3.88. The van der Waals surface area contributed by atoms with Gasteiger partial charge < -0.3 is 9.47 Å². The molecule has 0 spiro atoms. The Labute approximate surface area is 132 Å². The summed E-state index contributed by atoms with van der Waals surface area (Å²) in [4.78, 5) is 22.2. The van der Waals surface area contributed by atoms with Crippen LogP contribution in [0, 0.1) is 10.1 Å². The largest absolute Gasteiger partial charge is 0.493 e. The Morgan fingerprint density at radius 1 is 1.04 bits per heavy atom. The Morgan fingerprint density at radius 2 is 1.70 bits per heavy atom. The molecule has 8 heteroatoms. The van der Waals surface area contributed by atoms with Crippen molar-refractivity contribution >= 4 is 17.3 Å². The number of carbonyl (C=O) groups excluding carboxylic acids is 1. The predicted molar refractivity (Wildman–Crippen MR) is 83.7 cm³/mol. The average molecular weight is 317 g/mol. The van der Waals surface area contributed by atoms with E-state index in [-0.39, 0.29) is 11.6 Å². The van der Waals surface area contributed by atoms with Crippen LogP contribution in [0.5, 0.6) is 11.5 Å². The number of methoxy groups -OCH3 is 2. The molecule has 0 aliphatic carbocycles. The molecule has 0 atom stereocenters. The maximum atomic E-state index is 12.1. The summed E-state index contributed by atoms with van der Waals surface area (Å²) in [6, 6.07) is 10.4. The number of nitro benzene ring substituents is 1. The lowest BCUT2D eigenvalue weighted by molar-refractivity contribution is -0.384. The normalized spacial score (nSPS) is 9.83. The molecule has 0 radical (unpaired) electrons. The van der Waals surface area contributed by atoms with Crippen molar-refractivity contribution in [2.45, 2.75) is 0 Å². The number of hydrazine groups is 1. The first kappa shape index (κ1) is 16.1. The minimum absolute atomic E-state index is 0.0261. The number of benzene rings is 2. The van der Waals surface area contributed by atoms with E-state index in [4.69, 9.17) is 9.47 Å². The van der Waals surface area contributed by atoms with Crippen LogP contribution in [-0.2, 0) is 0 Å². The van der Waals surface area contributed by atoms with Gasteiger partial charge in [-0.3, -0.25) is 25.8 Å². The highest BCUT2D eigenvalue weighted by Crippen LogP contribution is 2.27. The van der Waals surface area contributed by atoms with Crippen molar-refractivity contribution in [1.29, 1.82) is 0 Å². The summed E-state index contributed by atoms with van der Waals surface area (Å²) in [6.45, 7) is 0. The van der Waals surface area contributed by atoms with Crippen LogP contribution in [0.1, 0.15) is 10.4 Å². The molecular weight excluding hydrogens is 302 g/mol. The molecule has 0 bridgehead atoms. The van der Waals surface area contributed by atoms with Crippen molar-refractivity contribution in [3.05, 3.63) is 58.1 Å². The van der Waals surface area contributed by atoms with Gasteiger partial charge in [-0.25, -0.2) is 0 Å². The van der Waals surface area contributed by atoms with Gasteiger partial charge in [0.25, 0.3) is 11.6 Å². The Kier molecular flexibility index (Phi) is 4.98. The van der Waals surface area contributed by atoms with Crippen LogP contribution in [0.15, 0.2) is 42.5 Å². The molecule has 120 valence electrons. The van der Waals surface area contributed by atoms with Gasteiger partial charge in [0.2, 0.25) is 0 Å². The number of amides is 1. The van der Waals surface area contributed by atoms with Crippen molar-refractivity contribution in [3.63, 3.8) is 0 Å². The van der Waals surface area contributed by atoms with Crippen LogP contribution in [0.3, 0.4) is 0 Å². The smallest absolute Gasteiger partial charge is 0.269 e. The molecule has 0 saturated carbocycles. The molecule has 0 aromatic heterocycles. The number of hydrogen-bond donors (Lipinski definition) is 2. The minimum Gasteiger partial charge on any atom is -0.493 e. The lowest BCUT2D eigenvalue weighted by atomic mass is 10.2. The van der Waals surface area contributed by atoms with Crippen molar-refractivity contribution in [2.75, 3.05) is 19.6 Å². The van der Waals surface area contributed by atoms with Crippen LogP contribution < -0.4 is 20.3 Å². The fourth-order valence-corrected chi connectivity index (χ4v) is 1.85. The lowest BCUT2D eigenvalue weighted by Gasteiger charge is -2.11. The minimum atomic E-state index is -0.494. The average Bonchev–Trinajstić information content (AvgIpc) is 2.59. The summed E-state index contributed by atoms with van der Waals surface area (Å²) < 4.78 is 10.2. The zero-order valence-electron chi connectivity index (χ0n) is 12.5. The number of anilines is 1. The number of non-ortho nitro benzene ring substituents is 1. The molecule has 0 unspecified atom stereocenters. The molecule has 23 heavy (non-hydrogen) atoms. The van der Waals surface area contributed by atoms with Crippen LogP contribution in [0.25, 0.3) is 0 Å². The second kappa shape index (κ2) is 7.12. The lowest BCUT2D eigenvalue weighted by Crippen LogP contribution is -2.29. The molecule has 0 saturated heterocycles. The van der Waals surface area contributed by atoms with E-state index >= 15 is 0 Å². The predicted octanol–water partition coefficient (Wildman–Crippen LogP) is 2.37. The number of carbonyl (C=O) groups is 1. The monoisotopic (exact) mass is 317 g/mol. The second-order valence-electron chi connectivity index (χ2n) is 4.45. The van der Waals surface area contributed by atoms with E-state index < -0.39 is 4.92 Å². The highest BCUT2D eigenvalue weighted by atomic mass is 16.6. The van der Waals surface area contributed by atoms with E-state index in [0.717, 1.165) is 0 Å². The third-order valence-corrected chi connectivity index (χ3v) is 3.04. The molecule has 1 amide bonds. The topological polar surface area (TPSA) is 103 Å². The van der Waals surface area contributed by atoms with Gasteiger partial charge in [0.1, 0.15) is 0 Å². The van der Waals surface area contributed by atoms with Gasteiger partial charge in [0.15, 0.2) is 11.5 Å². The van der Waals surface area contributed by atoms with Gasteiger partial charge in [-0.05, 0) is 30.3 Å². The first-order valence-corrected chi connectivity index (χ1v) is 6.58. The third-order valence-electron chi connectivity index (χ3n) is 3.04. The highest BCUT2D eigenvalue weighted by Gasteiger charge is 2.11. The molecule has 8 nitrogen and oxygen atoms in total. The quantitative estimate of drug-likeness (QED) is 0.626. The van der Waals surface area contributed by atoms with Crippen molar-refractivity contribution < 1.29 is 19.2 Å². The summed E-state index contributed by atoms with van der Waals surface area (Å²) >= 11 is 0. The summed E-state index contributed by atoms with van der Waals surface area (Å²) in [7, 11) is 2.99. The number of rotatable bonds is 6. The van der Waals surface area contributed by atoms with Crippen molar-refractivity contribution in [3.8, 4) is 11.5 Å². The van der Waals surface area contributed by atoms with Crippen LogP contribution >= 0.6 is 0 Å². The van der Waals surface area contributed by atoms with Gasteiger partial charge in [-0.1, -0.05) is 0 Å². The molecule has 0 aliphatic rings. The second-order valence-corrected chi connectivity index (χ2v) is 4.45. The summed E-state index contributed by atoms with van der Waals surface area (Å²) in [5.74, 6) is 0.576. The first-order chi connectivity index (χ1) is 11.0. The van der Waals surface area contributed by atoms with Gasteiger partial charge in [0, 0.05) is 17.7 Å². The van der Waals surface area contributed by atoms with Crippen molar-refractivity contribution in [1.82, 2.24) is 5.43 Å². The Hall–Kier alpha value is -3.29. The molecule has 0 fully saturated rings. The summed E-state index contributed by atoms with van der Waals surface area (Å²) in [5, 5.41) is 10.6. The zero-order valence-corrected chi connectivity index (χ0v) is 12.5. The van der Waals surface area contributed by atoms with Gasteiger partial charge >= 0.3 is 0 Å². The zero-order chi connectivity index (χ0) is 16.8. The molecule has 2 aromatic carbocycles. The number of nitro groups is 1. The molecule has 0 heterocycles. The van der Waals surface area contributed by atoms with E-state index in [1.165, 1.54) is 38.5 Å². The van der Waals surface area contributed by atoms with E-state index in [1.807, 2.05) is 0 Å². The number of ether oxygens (including phenoxy) is 2. The number of hydrogen-bond acceptors (Lipinski definition) is 6. The highest BCUT2D eigenvalue weighted by molar-refractivity contribution is 5.95. The van der Waals surface area contributed by atoms with Crippen LogP contribution in [-0.4, -0.2) is 25.1 Å². The van der Waals surface area contributed by atoms with E-state index in [2.05, 4.69) is 10.9 Å². The number of nitrogens with zero attached hydrogens (tertiary/aromatic N) is 1. The Morgan fingerprint density at radius 3 is 2.26 bits per heavy atom. The standard InChI is InChI=1S/C15H15N3O5/c1-22-13-8-3-10(9-14(13)23-2)15(19)17-16-11-4-6-12(7-5-11)18(20)21/h3-9,16H,1-2H3,(H,17,19). The summed E-state index contributed by atoms with van der Waals surface area (Å²) in [5.41, 5.74) is 6.04. The van der Waals surface area contributed by atoms with Crippen LogP contribution in [0.4, 0.5) is 11.4 Å². The summed E-state index contributed by atoms with van der Waals surface area (Å²) in [6.07, 6.45) is 0. The molecular formula is C15H15N3O5. The maximum Gasteiger partial charge on any atom is 0.269 e. The molecule has 2 rings (SSSR count). The van der Waals surface area contributed by atoms with E-state index in [1.54, 1.807) is 18.2 Å².